The molecule has 5 nitrogen and oxygen atoms in total. The van der Waals surface area contributed by atoms with Gasteiger partial charge in [0, 0.05) is 18.3 Å². The van der Waals surface area contributed by atoms with E-state index in [0.29, 0.717) is 28.4 Å². The molecule has 0 amide bonds. The van der Waals surface area contributed by atoms with Gasteiger partial charge in [-0.25, -0.2) is 22.5 Å². The van der Waals surface area contributed by atoms with Gasteiger partial charge >= 0.3 is 0 Å². The van der Waals surface area contributed by atoms with E-state index in [1.807, 2.05) is 72.3 Å². The number of halogens is 4. The molecule has 9 heteroatoms. The van der Waals surface area contributed by atoms with Crippen LogP contribution in [0.15, 0.2) is 72.3 Å². The van der Waals surface area contributed by atoms with E-state index in [0.717, 1.165) is 5.56 Å². The quantitative estimate of drug-likeness (QED) is 0.138. The molecular weight excluding hydrogens is 484 g/mol. The van der Waals surface area contributed by atoms with Crippen LogP contribution in [0, 0.1) is 28.7 Å². The fourth-order valence-electron chi connectivity index (χ4n) is 4.70. The van der Waals surface area contributed by atoms with Gasteiger partial charge in [-0.15, -0.1) is 0 Å². The molecule has 0 saturated heterocycles. The Kier molecular flexibility index (Phi) is 4.98. The smallest absolute Gasteiger partial charge is 0.199 e. The van der Waals surface area contributed by atoms with E-state index in [1.54, 1.807) is 10.6 Å². The minimum absolute atomic E-state index is 0.388. The fraction of sp³-hybridized carbons (Fsp3) is 0.0357. The van der Waals surface area contributed by atoms with Crippen molar-refractivity contribution >= 4 is 28.7 Å². The Balaban J connectivity index is 1.59. The van der Waals surface area contributed by atoms with E-state index in [1.165, 1.54) is 6.08 Å². The molecule has 182 valence electrons. The summed E-state index contributed by atoms with van der Waals surface area (Å²) in [5.41, 5.74) is 0.214. The van der Waals surface area contributed by atoms with Gasteiger partial charge in [0.1, 0.15) is 5.82 Å². The first-order valence-electron chi connectivity index (χ1n) is 11.2. The number of rotatable bonds is 3. The number of nitrogens with zero attached hydrogens (tertiary/aromatic N) is 3. The van der Waals surface area contributed by atoms with Crippen LogP contribution in [0.5, 0.6) is 0 Å². The summed E-state index contributed by atoms with van der Waals surface area (Å²) < 4.78 is 60.3. The molecule has 0 unspecified atom stereocenters. The van der Waals surface area contributed by atoms with Crippen LogP contribution < -0.4 is 0 Å². The van der Waals surface area contributed by atoms with Crippen molar-refractivity contribution in [2.45, 2.75) is 0 Å². The molecule has 2 aromatic heterocycles. The molecule has 6 rings (SSSR count). The van der Waals surface area contributed by atoms with Gasteiger partial charge in [-0.1, -0.05) is 48.5 Å². The number of ketones is 1. The zero-order chi connectivity index (χ0) is 26.0. The van der Waals surface area contributed by atoms with Crippen LogP contribution in [0.4, 0.5) is 17.6 Å². The number of aromatic nitrogens is 3. The lowest BCUT2D eigenvalue weighted by atomic mass is 10.1. The zero-order valence-electron chi connectivity index (χ0n) is 19.2. The van der Waals surface area contributed by atoms with Crippen LogP contribution in [0.2, 0.25) is 0 Å². The second-order valence-electron chi connectivity index (χ2n) is 8.58. The van der Waals surface area contributed by atoms with Crippen molar-refractivity contribution in [2.75, 3.05) is 0 Å². The maximum atomic E-state index is 14.5. The number of fused-ring (bicyclic) bond motifs is 2. The number of benzene rings is 3. The molecule has 1 aliphatic rings. The largest absolute Gasteiger partial charge is 0.326 e. The monoisotopic (exact) mass is 500 g/mol. The van der Waals surface area contributed by atoms with Crippen molar-refractivity contribution in [3.8, 4) is 17.1 Å². The van der Waals surface area contributed by atoms with Gasteiger partial charge in [0.15, 0.2) is 34.7 Å². The van der Waals surface area contributed by atoms with Gasteiger partial charge < -0.3 is 4.57 Å². The highest BCUT2D eigenvalue weighted by Crippen LogP contribution is 2.36. The normalized spacial score (nSPS) is 14.2. The Labute approximate surface area is 207 Å². The van der Waals surface area contributed by atoms with Crippen LogP contribution in [0.1, 0.15) is 21.6 Å². The van der Waals surface area contributed by atoms with E-state index < -0.39 is 45.9 Å². The van der Waals surface area contributed by atoms with Crippen LogP contribution in [-0.4, -0.2) is 25.6 Å². The van der Waals surface area contributed by atoms with Gasteiger partial charge in [-0.05, 0) is 24.3 Å². The second-order valence-corrected chi connectivity index (χ2v) is 8.58. The number of imidazole rings is 1. The first kappa shape index (κ1) is 22.7. The fourth-order valence-corrected chi connectivity index (χ4v) is 4.70. The van der Waals surface area contributed by atoms with Crippen LogP contribution in [-0.2, 0) is 7.05 Å². The predicted octanol–water partition coefficient (Wildman–Crippen LogP) is 6.24. The lowest BCUT2D eigenvalue weighted by Gasteiger charge is -2.08. The van der Waals surface area contributed by atoms with Gasteiger partial charge in [0.2, 0.25) is 0 Å². The second kappa shape index (κ2) is 8.12. The van der Waals surface area contributed by atoms with Crippen molar-refractivity contribution in [2.24, 2.45) is 7.05 Å². The maximum absolute atomic E-state index is 14.5. The SMILES string of the molecule is Cn1c(-c2ccccc2)nc2c1cc(/C=C1/C(=N)c3c(F)c(F)c(F)c(F)c3C1=O)n2-c1ccccc1. The molecule has 0 atom stereocenters. The predicted molar refractivity (Wildman–Crippen MR) is 131 cm³/mol. The minimum Gasteiger partial charge on any atom is -0.326 e. The van der Waals surface area contributed by atoms with E-state index in [-0.39, 0.29) is 5.57 Å². The average molecular weight is 500 g/mol. The Morgan fingerprint density at radius 3 is 2.08 bits per heavy atom. The Morgan fingerprint density at radius 1 is 0.838 bits per heavy atom. The first-order chi connectivity index (χ1) is 17.8. The molecule has 0 bridgehead atoms. The number of allylic oxidation sites excluding steroid dienone is 1. The lowest BCUT2D eigenvalue weighted by molar-refractivity contribution is 0.103. The summed E-state index contributed by atoms with van der Waals surface area (Å²) in [6.07, 6.45) is 1.29. The molecule has 0 spiro atoms. The molecule has 0 saturated carbocycles. The van der Waals surface area contributed by atoms with Gasteiger partial charge in [-0.3, -0.25) is 14.8 Å². The highest BCUT2D eigenvalue weighted by Gasteiger charge is 2.40. The molecular formula is C28H16F4N4O. The Bertz CT molecular complexity index is 1750. The molecule has 0 fully saturated rings. The third-order valence-corrected chi connectivity index (χ3v) is 6.47. The molecule has 1 aliphatic carbocycles. The van der Waals surface area contributed by atoms with E-state index >= 15 is 0 Å². The van der Waals surface area contributed by atoms with E-state index in [9.17, 15) is 22.4 Å². The molecule has 3 aromatic carbocycles. The molecule has 2 heterocycles. The molecule has 5 aromatic rings. The van der Waals surface area contributed by atoms with Crippen molar-refractivity contribution < 1.29 is 22.4 Å². The number of hydrogen-bond donors (Lipinski definition) is 1. The summed E-state index contributed by atoms with van der Waals surface area (Å²) in [7, 11) is 1.83. The topological polar surface area (TPSA) is 63.7 Å². The number of para-hydroxylation sites is 1. The van der Waals surface area contributed by atoms with Crippen LogP contribution >= 0.6 is 0 Å². The third kappa shape index (κ3) is 3.20. The number of hydrogen-bond acceptors (Lipinski definition) is 3. The van der Waals surface area contributed by atoms with Crippen molar-refractivity contribution in [3.63, 3.8) is 0 Å². The minimum atomic E-state index is -2.09. The number of Topliss-reactive ketones (excluding diaryl/α,β-unsaturated/α-hetero) is 1. The number of nitrogens with one attached hydrogen (secondary N) is 1. The van der Waals surface area contributed by atoms with Crippen LogP contribution in [0.3, 0.4) is 0 Å². The van der Waals surface area contributed by atoms with Gasteiger partial charge in [0.25, 0.3) is 0 Å². The summed E-state index contributed by atoms with van der Waals surface area (Å²) in [5.74, 6) is -8.14. The van der Waals surface area contributed by atoms with Crippen LogP contribution in [0.25, 0.3) is 34.3 Å². The van der Waals surface area contributed by atoms with Gasteiger partial charge in [0.05, 0.1) is 33.6 Å². The summed E-state index contributed by atoms with van der Waals surface area (Å²) in [5, 5.41) is 8.32. The Hall–Kier alpha value is -4.79. The summed E-state index contributed by atoms with van der Waals surface area (Å²) >= 11 is 0. The van der Waals surface area contributed by atoms with E-state index in [2.05, 4.69) is 0 Å². The number of carbonyl (C=O) groups is 1. The average Bonchev–Trinajstić information content (AvgIpc) is 3.51. The number of carbonyl (C=O) groups excluding carboxylic acids is 1. The van der Waals surface area contributed by atoms with E-state index in [4.69, 9.17) is 10.4 Å². The third-order valence-electron chi connectivity index (χ3n) is 6.47. The standard InChI is InChI=1S/C28H16F4N4O/c1-35-18-13-16(12-17-25(33)19-20(26(17)37)22(30)24(32)23(31)21(19)29)36(15-10-6-3-7-11-15)28(18)34-27(35)14-8-4-2-5-9-14/h2-13,33H,1H3/b17-12-,33-25?. The maximum Gasteiger partial charge on any atom is 0.199 e. The highest BCUT2D eigenvalue weighted by atomic mass is 19.2. The summed E-state index contributed by atoms with van der Waals surface area (Å²) in [6.45, 7) is 0. The van der Waals surface area contributed by atoms with Crippen molar-refractivity contribution in [1.29, 1.82) is 5.41 Å². The first-order valence-corrected chi connectivity index (χ1v) is 11.2. The zero-order valence-corrected chi connectivity index (χ0v) is 19.2. The van der Waals surface area contributed by atoms with Gasteiger partial charge in [-0.2, -0.15) is 0 Å². The molecule has 1 N–H and O–H groups in total. The number of aryl methyl sites for hydroxylation is 1. The van der Waals surface area contributed by atoms with Crippen molar-refractivity contribution in [3.05, 3.63) is 112 Å². The Morgan fingerprint density at radius 2 is 1.43 bits per heavy atom. The molecule has 0 aliphatic heterocycles. The highest BCUT2D eigenvalue weighted by molar-refractivity contribution is 6.42. The molecule has 0 radical (unpaired) electrons. The summed E-state index contributed by atoms with van der Waals surface area (Å²) in [4.78, 5) is 17.8. The molecule has 37 heavy (non-hydrogen) atoms. The lowest BCUT2D eigenvalue weighted by Crippen LogP contribution is -2.07. The summed E-state index contributed by atoms with van der Waals surface area (Å²) in [6, 6.07) is 20.4. The van der Waals surface area contributed by atoms with Crippen molar-refractivity contribution in [1.82, 2.24) is 14.1 Å².